The molecule has 1 aliphatic heterocycles. The molecule has 6 nitrogen and oxygen atoms in total. The first-order chi connectivity index (χ1) is 13.1. The molecular formula is C21H25N3O3. The highest BCUT2D eigenvalue weighted by Gasteiger charge is 2.21. The third-order valence-corrected chi connectivity index (χ3v) is 4.58. The van der Waals surface area contributed by atoms with Crippen LogP contribution >= 0.6 is 0 Å². The molecule has 1 fully saturated rings. The van der Waals surface area contributed by atoms with Crippen LogP contribution in [0.25, 0.3) is 6.08 Å². The molecule has 0 spiro atoms. The minimum absolute atomic E-state index is 0.0780. The number of benzene rings is 1. The van der Waals surface area contributed by atoms with Gasteiger partial charge >= 0.3 is 0 Å². The summed E-state index contributed by atoms with van der Waals surface area (Å²) in [5.41, 5.74) is 2.44. The van der Waals surface area contributed by atoms with Crippen LogP contribution in [0.5, 0.6) is 0 Å². The van der Waals surface area contributed by atoms with Crippen molar-refractivity contribution in [3.05, 3.63) is 60.1 Å². The van der Waals surface area contributed by atoms with Crippen LogP contribution < -0.4 is 10.2 Å². The molecule has 0 atom stereocenters. The molecule has 1 aliphatic rings. The Bertz CT molecular complexity index is 791. The minimum atomic E-state index is -0.233. The molecule has 2 amide bonds. The molecule has 1 aromatic carbocycles. The van der Waals surface area contributed by atoms with Crippen LogP contribution in [0.2, 0.25) is 0 Å². The van der Waals surface area contributed by atoms with Crippen molar-refractivity contribution in [2.45, 2.75) is 13.3 Å². The van der Waals surface area contributed by atoms with Crippen LogP contribution in [-0.4, -0.2) is 49.4 Å². The molecule has 2 heterocycles. The molecule has 0 saturated carbocycles. The maximum absolute atomic E-state index is 12.3. The predicted octanol–water partition coefficient (Wildman–Crippen LogP) is 2.46. The van der Waals surface area contributed by atoms with Crippen LogP contribution in [0.15, 0.2) is 53.2 Å². The number of piperazine rings is 1. The molecule has 0 radical (unpaired) electrons. The van der Waals surface area contributed by atoms with Crippen LogP contribution in [0.3, 0.4) is 0 Å². The lowest BCUT2D eigenvalue weighted by Gasteiger charge is -2.36. The Kier molecular flexibility index (Phi) is 6.30. The summed E-state index contributed by atoms with van der Waals surface area (Å²) in [6.07, 6.45) is 4.87. The SMILES string of the molecule is Cc1cccc(N2CCN(C(=O)CCNC(=O)/C=C/c3ccco3)CC2)c1. The molecule has 27 heavy (non-hydrogen) atoms. The Morgan fingerprint density at radius 3 is 2.67 bits per heavy atom. The number of nitrogens with one attached hydrogen (secondary N) is 1. The fourth-order valence-electron chi connectivity index (χ4n) is 3.09. The van der Waals surface area contributed by atoms with E-state index in [1.807, 2.05) is 4.90 Å². The van der Waals surface area contributed by atoms with E-state index in [2.05, 4.69) is 41.4 Å². The van der Waals surface area contributed by atoms with Gasteiger partial charge < -0.3 is 19.5 Å². The zero-order chi connectivity index (χ0) is 19.1. The minimum Gasteiger partial charge on any atom is -0.465 e. The number of furan rings is 1. The highest BCUT2D eigenvalue weighted by molar-refractivity contribution is 5.91. The number of rotatable bonds is 6. The van der Waals surface area contributed by atoms with Crippen molar-refractivity contribution in [2.24, 2.45) is 0 Å². The molecule has 1 N–H and O–H groups in total. The molecule has 3 rings (SSSR count). The number of anilines is 1. The summed E-state index contributed by atoms with van der Waals surface area (Å²) >= 11 is 0. The van der Waals surface area contributed by atoms with Crippen molar-refractivity contribution in [1.29, 1.82) is 0 Å². The number of aryl methyl sites for hydroxylation is 1. The lowest BCUT2D eigenvalue weighted by molar-refractivity contribution is -0.131. The normalized spacial score (nSPS) is 14.6. The third kappa shape index (κ3) is 5.48. The smallest absolute Gasteiger partial charge is 0.244 e. The average Bonchev–Trinajstić information content (AvgIpc) is 3.20. The number of nitrogens with zero attached hydrogens (tertiary/aromatic N) is 2. The lowest BCUT2D eigenvalue weighted by Crippen LogP contribution is -2.49. The van der Waals surface area contributed by atoms with Gasteiger partial charge in [0.05, 0.1) is 6.26 Å². The van der Waals surface area contributed by atoms with Gasteiger partial charge in [0, 0.05) is 50.9 Å². The van der Waals surface area contributed by atoms with E-state index in [9.17, 15) is 9.59 Å². The highest BCUT2D eigenvalue weighted by Crippen LogP contribution is 2.18. The lowest BCUT2D eigenvalue weighted by atomic mass is 10.2. The monoisotopic (exact) mass is 367 g/mol. The first-order valence-corrected chi connectivity index (χ1v) is 9.20. The van der Waals surface area contributed by atoms with Crippen molar-refractivity contribution in [3.63, 3.8) is 0 Å². The van der Waals surface area contributed by atoms with Crippen LogP contribution in [0.1, 0.15) is 17.7 Å². The maximum atomic E-state index is 12.3. The second-order valence-electron chi connectivity index (χ2n) is 6.60. The quantitative estimate of drug-likeness (QED) is 0.797. The van der Waals surface area contributed by atoms with Gasteiger partial charge in [-0.15, -0.1) is 0 Å². The number of carbonyl (C=O) groups is 2. The zero-order valence-electron chi connectivity index (χ0n) is 15.6. The Hall–Kier alpha value is -3.02. The van der Waals surface area contributed by atoms with Crippen molar-refractivity contribution < 1.29 is 14.0 Å². The summed E-state index contributed by atoms with van der Waals surface area (Å²) in [4.78, 5) is 28.3. The van der Waals surface area contributed by atoms with Gasteiger partial charge in [0.15, 0.2) is 0 Å². The summed E-state index contributed by atoms with van der Waals surface area (Å²) in [6.45, 7) is 5.48. The molecule has 1 saturated heterocycles. The molecule has 1 aromatic heterocycles. The van der Waals surface area contributed by atoms with Crippen molar-refractivity contribution >= 4 is 23.6 Å². The van der Waals surface area contributed by atoms with Gasteiger partial charge in [-0.25, -0.2) is 0 Å². The number of amides is 2. The van der Waals surface area contributed by atoms with E-state index in [1.54, 1.807) is 24.5 Å². The Morgan fingerprint density at radius 2 is 1.96 bits per heavy atom. The molecule has 142 valence electrons. The standard InChI is InChI=1S/C21H25N3O3/c1-17-4-2-5-18(16-17)23-11-13-24(14-12-23)21(26)9-10-22-20(25)8-7-19-6-3-15-27-19/h2-8,15-16H,9-14H2,1H3,(H,22,25)/b8-7+. The summed E-state index contributed by atoms with van der Waals surface area (Å²) in [7, 11) is 0. The van der Waals surface area contributed by atoms with Gasteiger partial charge in [-0.3, -0.25) is 9.59 Å². The fourth-order valence-corrected chi connectivity index (χ4v) is 3.09. The molecule has 2 aromatic rings. The molecule has 0 aliphatic carbocycles. The van der Waals surface area contributed by atoms with Crippen LogP contribution in [0, 0.1) is 6.92 Å². The highest BCUT2D eigenvalue weighted by atomic mass is 16.3. The van der Waals surface area contributed by atoms with Crippen LogP contribution in [-0.2, 0) is 9.59 Å². The Labute approximate surface area is 159 Å². The van der Waals surface area contributed by atoms with Gasteiger partial charge in [-0.2, -0.15) is 0 Å². The van der Waals surface area contributed by atoms with E-state index < -0.39 is 0 Å². The van der Waals surface area contributed by atoms with E-state index in [-0.39, 0.29) is 11.8 Å². The summed E-state index contributed by atoms with van der Waals surface area (Å²) in [5, 5.41) is 2.73. The zero-order valence-corrected chi connectivity index (χ0v) is 15.6. The Balaban J connectivity index is 1.37. The summed E-state index contributed by atoms with van der Waals surface area (Å²) in [5.74, 6) is 0.463. The molecule has 0 unspecified atom stereocenters. The van der Waals surface area contributed by atoms with Gasteiger partial charge in [0.1, 0.15) is 5.76 Å². The second-order valence-corrected chi connectivity index (χ2v) is 6.60. The van der Waals surface area contributed by atoms with E-state index in [0.29, 0.717) is 31.8 Å². The van der Waals surface area contributed by atoms with E-state index in [4.69, 9.17) is 4.42 Å². The van der Waals surface area contributed by atoms with E-state index >= 15 is 0 Å². The van der Waals surface area contributed by atoms with Gasteiger partial charge in [0.2, 0.25) is 11.8 Å². The van der Waals surface area contributed by atoms with Gasteiger partial charge in [0.25, 0.3) is 0 Å². The largest absolute Gasteiger partial charge is 0.465 e. The first-order valence-electron chi connectivity index (χ1n) is 9.20. The number of hydrogen-bond donors (Lipinski definition) is 1. The van der Waals surface area contributed by atoms with Crippen molar-refractivity contribution in [2.75, 3.05) is 37.6 Å². The Morgan fingerprint density at radius 1 is 1.15 bits per heavy atom. The van der Waals surface area contributed by atoms with Gasteiger partial charge in [-0.05, 0) is 42.8 Å². The van der Waals surface area contributed by atoms with Crippen molar-refractivity contribution in [1.82, 2.24) is 10.2 Å². The second kappa shape index (κ2) is 9.07. The average molecular weight is 367 g/mol. The number of carbonyl (C=O) groups excluding carboxylic acids is 2. The summed E-state index contributed by atoms with van der Waals surface area (Å²) < 4.78 is 5.12. The molecule has 6 heteroatoms. The summed E-state index contributed by atoms with van der Waals surface area (Å²) in [6, 6.07) is 11.9. The topological polar surface area (TPSA) is 65.8 Å². The predicted molar refractivity (Wildman–Crippen MR) is 105 cm³/mol. The van der Waals surface area contributed by atoms with Gasteiger partial charge in [-0.1, -0.05) is 12.1 Å². The van der Waals surface area contributed by atoms with E-state index in [0.717, 1.165) is 13.1 Å². The molecular weight excluding hydrogens is 342 g/mol. The van der Waals surface area contributed by atoms with Crippen LogP contribution in [0.4, 0.5) is 5.69 Å². The van der Waals surface area contributed by atoms with E-state index in [1.165, 1.54) is 17.3 Å². The maximum Gasteiger partial charge on any atom is 0.244 e. The number of hydrogen-bond acceptors (Lipinski definition) is 4. The van der Waals surface area contributed by atoms with Crippen molar-refractivity contribution in [3.8, 4) is 0 Å². The molecule has 0 bridgehead atoms. The third-order valence-electron chi connectivity index (χ3n) is 4.58. The fraction of sp³-hybridized carbons (Fsp3) is 0.333. The first kappa shape index (κ1) is 18.8.